The highest BCUT2D eigenvalue weighted by atomic mass is 19.1. The maximum atomic E-state index is 14.3. The number of nitrogens with one attached hydrogen (secondary N) is 1. The van der Waals surface area contributed by atoms with Gasteiger partial charge < -0.3 is 10.1 Å². The van der Waals surface area contributed by atoms with Crippen LogP contribution in [0.4, 0.5) is 8.78 Å². The molecule has 0 radical (unpaired) electrons. The fourth-order valence-electron chi connectivity index (χ4n) is 3.37. The van der Waals surface area contributed by atoms with E-state index in [2.05, 4.69) is 15.3 Å². The van der Waals surface area contributed by atoms with Gasteiger partial charge in [-0.15, -0.1) is 0 Å². The number of hydrogen-bond donors (Lipinski definition) is 1. The highest BCUT2D eigenvalue weighted by Crippen LogP contribution is 2.24. The van der Waals surface area contributed by atoms with Crippen LogP contribution in [-0.4, -0.2) is 60.0 Å². The molecule has 0 saturated carbocycles. The van der Waals surface area contributed by atoms with Crippen molar-refractivity contribution < 1.29 is 18.3 Å². The van der Waals surface area contributed by atoms with Crippen LogP contribution in [0.5, 0.6) is 0 Å². The Morgan fingerprint density at radius 1 is 1.07 bits per heavy atom. The number of ether oxygens (including phenoxy) is 1. The monoisotopic (exact) mass is 412 g/mol. The van der Waals surface area contributed by atoms with E-state index in [0.717, 1.165) is 13.1 Å². The third-order valence-corrected chi connectivity index (χ3v) is 4.98. The number of aromatic nitrogens is 2. The molecule has 3 aromatic rings. The zero-order valence-corrected chi connectivity index (χ0v) is 16.4. The molecular formula is C22H22F2N4O2. The quantitative estimate of drug-likeness (QED) is 0.677. The van der Waals surface area contributed by atoms with Crippen molar-refractivity contribution in [1.29, 1.82) is 0 Å². The highest BCUT2D eigenvalue weighted by molar-refractivity contribution is 5.94. The second-order valence-corrected chi connectivity index (χ2v) is 6.99. The third-order valence-electron chi connectivity index (χ3n) is 4.98. The van der Waals surface area contributed by atoms with Crippen LogP contribution in [0.15, 0.2) is 54.6 Å². The molecule has 1 aromatic heterocycles. The van der Waals surface area contributed by atoms with E-state index in [9.17, 15) is 13.6 Å². The van der Waals surface area contributed by atoms with Crippen molar-refractivity contribution in [1.82, 2.24) is 20.0 Å². The first-order valence-corrected chi connectivity index (χ1v) is 9.81. The molecule has 156 valence electrons. The average molecular weight is 412 g/mol. The average Bonchev–Trinajstić information content (AvgIpc) is 3.20. The van der Waals surface area contributed by atoms with E-state index in [1.54, 1.807) is 24.3 Å². The highest BCUT2D eigenvalue weighted by Gasteiger charge is 2.19. The van der Waals surface area contributed by atoms with Crippen molar-refractivity contribution in [3.8, 4) is 16.9 Å². The largest absolute Gasteiger partial charge is 0.379 e. The predicted molar refractivity (Wildman–Crippen MR) is 109 cm³/mol. The molecule has 1 aliphatic rings. The summed E-state index contributed by atoms with van der Waals surface area (Å²) >= 11 is 0. The maximum Gasteiger partial charge on any atom is 0.270 e. The van der Waals surface area contributed by atoms with Crippen molar-refractivity contribution in [2.75, 3.05) is 39.4 Å². The lowest BCUT2D eigenvalue weighted by Crippen LogP contribution is -2.41. The molecule has 6 nitrogen and oxygen atoms in total. The van der Waals surface area contributed by atoms with Gasteiger partial charge in [-0.1, -0.05) is 12.1 Å². The summed E-state index contributed by atoms with van der Waals surface area (Å²) in [6.07, 6.45) is 0. The van der Waals surface area contributed by atoms with E-state index in [0.29, 0.717) is 43.2 Å². The van der Waals surface area contributed by atoms with Gasteiger partial charge in [-0.25, -0.2) is 13.5 Å². The summed E-state index contributed by atoms with van der Waals surface area (Å²) in [5, 5.41) is 7.32. The molecule has 0 bridgehead atoms. The third kappa shape index (κ3) is 4.55. The molecule has 30 heavy (non-hydrogen) atoms. The van der Waals surface area contributed by atoms with Crippen LogP contribution in [0.2, 0.25) is 0 Å². The molecule has 0 atom stereocenters. The standard InChI is InChI=1S/C22H22F2N4O2/c23-16-5-7-17(8-6-16)28-21(15-20(26-28)18-3-1-2-4-19(18)24)22(29)25-9-10-27-11-13-30-14-12-27/h1-8,15H,9-14H2,(H,25,29). The minimum atomic E-state index is -0.430. The first kappa shape index (κ1) is 20.2. The van der Waals surface area contributed by atoms with Gasteiger partial charge in [-0.05, 0) is 42.5 Å². The normalized spacial score (nSPS) is 14.6. The number of nitrogens with zero attached hydrogens (tertiary/aromatic N) is 3. The zero-order valence-electron chi connectivity index (χ0n) is 16.4. The summed E-state index contributed by atoms with van der Waals surface area (Å²) in [7, 11) is 0. The van der Waals surface area contributed by atoms with E-state index < -0.39 is 11.6 Å². The summed E-state index contributed by atoms with van der Waals surface area (Å²) in [5.41, 5.74) is 1.38. The molecule has 1 fully saturated rings. The summed E-state index contributed by atoms with van der Waals surface area (Å²) in [5.74, 6) is -1.15. The molecule has 2 heterocycles. The zero-order chi connectivity index (χ0) is 20.9. The van der Waals surface area contributed by atoms with Crippen molar-refractivity contribution in [3.63, 3.8) is 0 Å². The molecule has 8 heteroatoms. The SMILES string of the molecule is O=C(NCCN1CCOCC1)c1cc(-c2ccccc2F)nn1-c1ccc(F)cc1. The molecule has 0 aliphatic carbocycles. The summed E-state index contributed by atoms with van der Waals surface area (Å²) in [4.78, 5) is 15.1. The smallest absolute Gasteiger partial charge is 0.270 e. The Morgan fingerprint density at radius 2 is 1.80 bits per heavy atom. The Morgan fingerprint density at radius 3 is 2.53 bits per heavy atom. The Hall–Kier alpha value is -3.10. The number of rotatable bonds is 6. The first-order valence-electron chi connectivity index (χ1n) is 9.81. The Kier molecular flexibility index (Phi) is 6.15. The number of morpholine rings is 1. The molecule has 1 aliphatic heterocycles. The van der Waals surface area contributed by atoms with Crippen molar-refractivity contribution in [2.24, 2.45) is 0 Å². The van der Waals surface area contributed by atoms with E-state index >= 15 is 0 Å². The number of hydrogen-bond acceptors (Lipinski definition) is 4. The van der Waals surface area contributed by atoms with E-state index in [1.807, 2.05) is 0 Å². The van der Waals surface area contributed by atoms with Crippen molar-refractivity contribution in [3.05, 3.63) is 71.9 Å². The molecular weight excluding hydrogens is 390 g/mol. The molecule has 0 unspecified atom stereocenters. The van der Waals surface area contributed by atoms with Gasteiger partial charge in [0.25, 0.3) is 5.91 Å². The topological polar surface area (TPSA) is 59.4 Å². The van der Waals surface area contributed by atoms with Crippen LogP contribution in [-0.2, 0) is 4.74 Å². The van der Waals surface area contributed by atoms with Crippen molar-refractivity contribution in [2.45, 2.75) is 0 Å². The Labute approximate surface area is 173 Å². The van der Waals surface area contributed by atoms with E-state index in [-0.39, 0.29) is 11.6 Å². The van der Waals surface area contributed by atoms with Crippen LogP contribution in [0.25, 0.3) is 16.9 Å². The minimum Gasteiger partial charge on any atom is -0.379 e. The Bertz CT molecular complexity index is 1010. The van der Waals surface area contributed by atoms with Gasteiger partial charge in [-0.3, -0.25) is 9.69 Å². The summed E-state index contributed by atoms with van der Waals surface area (Å²) in [6.45, 7) is 4.22. The number of amides is 1. The van der Waals surface area contributed by atoms with Gasteiger partial charge in [0.05, 0.1) is 24.6 Å². The van der Waals surface area contributed by atoms with E-state index in [4.69, 9.17) is 4.74 Å². The van der Waals surface area contributed by atoms with Gasteiger partial charge in [0.15, 0.2) is 0 Å². The molecule has 4 rings (SSSR count). The number of benzene rings is 2. The number of carbonyl (C=O) groups excluding carboxylic acids is 1. The number of halogens is 2. The summed E-state index contributed by atoms with van der Waals surface area (Å²) in [6, 6.07) is 13.4. The van der Waals surface area contributed by atoms with Crippen LogP contribution < -0.4 is 5.32 Å². The van der Waals surface area contributed by atoms with Crippen molar-refractivity contribution >= 4 is 5.91 Å². The van der Waals surface area contributed by atoms with E-state index in [1.165, 1.54) is 35.0 Å². The predicted octanol–water partition coefficient (Wildman–Crippen LogP) is 2.88. The molecule has 1 saturated heterocycles. The molecule has 1 amide bonds. The Balaban J connectivity index is 1.58. The van der Waals surface area contributed by atoms with Gasteiger partial charge in [-0.2, -0.15) is 5.10 Å². The summed E-state index contributed by atoms with van der Waals surface area (Å²) < 4.78 is 34.4. The lowest BCUT2D eigenvalue weighted by atomic mass is 10.1. The molecule has 2 aromatic carbocycles. The van der Waals surface area contributed by atoms with Crippen LogP contribution in [0, 0.1) is 11.6 Å². The van der Waals surface area contributed by atoms with Gasteiger partial charge >= 0.3 is 0 Å². The lowest BCUT2D eigenvalue weighted by molar-refractivity contribution is 0.0383. The fourth-order valence-corrected chi connectivity index (χ4v) is 3.37. The second-order valence-electron chi connectivity index (χ2n) is 6.99. The van der Waals surface area contributed by atoms with Crippen LogP contribution >= 0.6 is 0 Å². The van der Waals surface area contributed by atoms with Gasteiger partial charge in [0, 0.05) is 31.7 Å². The second kappa shape index (κ2) is 9.15. The van der Waals surface area contributed by atoms with Gasteiger partial charge in [0.2, 0.25) is 0 Å². The lowest BCUT2D eigenvalue weighted by Gasteiger charge is -2.26. The van der Waals surface area contributed by atoms with Gasteiger partial charge in [0.1, 0.15) is 17.3 Å². The molecule has 0 spiro atoms. The van der Waals surface area contributed by atoms with Crippen LogP contribution in [0.3, 0.4) is 0 Å². The fraction of sp³-hybridized carbons (Fsp3) is 0.273. The minimum absolute atomic E-state index is 0.252. The van der Waals surface area contributed by atoms with Crippen LogP contribution in [0.1, 0.15) is 10.5 Å². The first-order chi connectivity index (χ1) is 14.6. The maximum absolute atomic E-state index is 14.3. The molecule has 1 N–H and O–H groups in total. The number of carbonyl (C=O) groups is 1.